The van der Waals surface area contributed by atoms with E-state index in [1.54, 1.807) is 6.26 Å². The summed E-state index contributed by atoms with van der Waals surface area (Å²) in [7, 11) is 0. The number of furan rings is 1. The topological polar surface area (TPSA) is 13.1 Å². The first kappa shape index (κ1) is 11.4. The van der Waals surface area contributed by atoms with Gasteiger partial charge in [-0.3, -0.25) is 0 Å². The summed E-state index contributed by atoms with van der Waals surface area (Å²) >= 11 is 6.39. The minimum absolute atomic E-state index is 0.120. The van der Waals surface area contributed by atoms with Gasteiger partial charge in [0, 0.05) is 0 Å². The van der Waals surface area contributed by atoms with Crippen LogP contribution in [-0.2, 0) is 6.42 Å². The third-order valence-electron chi connectivity index (χ3n) is 3.13. The van der Waals surface area contributed by atoms with Gasteiger partial charge in [0.05, 0.1) is 11.6 Å². The third kappa shape index (κ3) is 2.14. The van der Waals surface area contributed by atoms with Gasteiger partial charge in [0.15, 0.2) is 0 Å². The Morgan fingerprint density at radius 2 is 1.78 bits per heavy atom. The lowest BCUT2D eigenvalue weighted by atomic mass is 10.0. The fraction of sp³-hybridized carbons (Fsp3) is 0.125. The van der Waals surface area contributed by atoms with E-state index in [1.165, 1.54) is 16.3 Å². The van der Waals surface area contributed by atoms with Gasteiger partial charge in [0.1, 0.15) is 5.76 Å². The summed E-state index contributed by atoms with van der Waals surface area (Å²) in [6.45, 7) is 0. The van der Waals surface area contributed by atoms with Gasteiger partial charge >= 0.3 is 0 Å². The quantitative estimate of drug-likeness (QED) is 0.604. The summed E-state index contributed by atoms with van der Waals surface area (Å²) in [5.74, 6) is 0.824. The Balaban J connectivity index is 1.95. The highest BCUT2D eigenvalue weighted by Gasteiger charge is 2.12. The molecule has 0 aliphatic rings. The van der Waals surface area contributed by atoms with E-state index in [0.717, 1.165) is 12.2 Å². The van der Waals surface area contributed by atoms with E-state index >= 15 is 0 Å². The van der Waals surface area contributed by atoms with Crippen LogP contribution in [0.15, 0.2) is 65.3 Å². The molecular weight excluding hydrogens is 244 g/mol. The molecule has 90 valence electrons. The van der Waals surface area contributed by atoms with Gasteiger partial charge in [-0.05, 0) is 34.9 Å². The summed E-state index contributed by atoms with van der Waals surface area (Å²) in [5, 5.41) is 2.39. The fourth-order valence-corrected chi connectivity index (χ4v) is 2.52. The van der Waals surface area contributed by atoms with E-state index in [9.17, 15) is 0 Å². The molecule has 0 radical (unpaired) electrons. The molecule has 0 N–H and O–H groups in total. The molecule has 1 atom stereocenters. The van der Waals surface area contributed by atoms with Crippen molar-refractivity contribution in [1.82, 2.24) is 0 Å². The number of fused-ring (bicyclic) bond motifs is 1. The van der Waals surface area contributed by atoms with Gasteiger partial charge in [0.25, 0.3) is 0 Å². The van der Waals surface area contributed by atoms with Crippen LogP contribution in [0.1, 0.15) is 16.7 Å². The van der Waals surface area contributed by atoms with Crippen LogP contribution in [0.5, 0.6) is 0 Å². The molecule has 0 amide bonds. The number of alkyl halides is 1. The van der Waals surface area contributed by atoms with Crippen molar-refractivity contribution in [2.45, 2.75) is 11.8 Å². The average Bonchev–Trinajstić information content (AvgIpc) is 2.93. The Morgan fingerprint density at radius 3 is 2.61 bits per heavy atom. The summed E-state index contributed by atoms with van der Waals surface area (Å²) in [6, 6.07) is 18.5. The Morgan fingerprint density at radius 1 is 0.944 bits per heavy atom. The lowest BCUT2D eigenvalue weighted by molar-refractivity contribution is 0.502. The molecule has 0 spiro atoms. The molecule has 18 heavy (non-hydrogen) atoms. The molecule has 0 aliphatic heterocycles. The van der Waals surface area contributed by atoms with Crippen LogP contribution in [0, 0.1) is 0 Å². The molecule has 0 bridgehead atoms. The maximum Gasteiger partial charge on any atom is 0.121 e. The van der Waals surface area contributed by atoms with Crippen LogP contribution in [0.3, 0.4) is 0 Å². The van der Waals surface area contributed by atoms with Gasteiger partial charge in [-0.15, -0.1) is 11.6 Å². The zero-order valence-corrected chi connectivity index (χ0v) is 10.6. The molecule has 2 aromatic carbocycles. The van der Waals surface area contributed by atoms with E-state index < -0.39 is 0 Å². The molecule has 0 aliphatic carbocycles. The van der Waals surface area contributed by atoms with Crippen molar-refractivity contribution in [3.05, 3.63) is 72.2 Å². The normalized spacial score (nSPS) is 12.7. The van der Waals surface area contributed by atoms with Crippen LogP contribution >= 0.6 is 11.6 Å². The average molecular weight is 257 g/mol. The lowest BCUT2D eigenvalue weighted by Gasteiger charge is -2.09. The van der Waals surface area contributed by atoms with Crippen molar-refractivity contribution < 1.29 is 4.42 Å². The molecule has 0 saturated heterocycles. The first-order valence-corrected chi connectivity index (χ1v) is 6.42. The molecule has 0 fully saturated rings. The van der Waals surface area contributed by atoms with Crippen molar-refractivity contribution in [2.75, 3.05) is 0 Å². The second-order valence-electron chi connectivity index (χ2n) is 4.33. The lowest BCUT2D eigenvalue weighted by Crippen LogP contribution is -1.95. The van der Waals surface area contributed by atoms with Gasteiger partial charge in [-0.25, -0.2) is 0 Å². The van der Waals surface area contributed by atoms with Crippen LogP contribution in [0.25, 0.3) is 10.8 Å². The Kier molecular flexibility index (Phi) is 3.07. The van der Waals surface area contributed by atoms with Gasteiger partial charge < -0.3 is 4.42 Å². The van der Waals surface area contributed by atoms with E-state index in [0.29, 0.717) is 0 Å². The molecule has 1 aromatic heterocycles. The highest BCUT2D eigenvalue weighted by Crippen LogP contribution is 2.28. The highest BCUT2D eigenvalue weighted by molar-refractivity contribution is 6.20. The zero-order chi connectivity index (χ0) is 12.4. The minimum Gasteiger partial charge on any atom is -0.468 e. The molecule has 3 aromatic rings. The molecule has 1 heterocycles. The van der Waals surface area contributed by atoms with Crippen LogP contribution in [0.2, 0.25) is 0 Å². The monoisotopic (exact) mass is 256 g/mol. The smallest absolute Gasteiger partial charge is 0.121 e. The van der Waals surface area contributed by atoms with Gasteiger partial charge in [-0.2, -0.15) is 0 Å². The van der Waals surface area contributed by atoms with Crippen LogP contribution in [0.4, 0.5) is 0 Å². The predicted octanol–water partition coefficient (Wildman–Crippen LogP) is 4.96. The molecular formula is C16H13ClO. The number of hydrogen-bond donors (Lipinski definition) is 0. The second kappa shape index (κ2) is 4.87. The summed E-state index contributed by atoms with van der Waals surface area (Å²) in [4.78, 5) is 0. The third-order valence-corrected chi connectivity index (χ3v) is 3.50. The minimum atomic E-state index is -0.120. The Hall–Kier alpha value is -1.73. The standard InChI is InChI=1S/C16H13ClO/c17-15(16-9-4-10-18-16)11-13-7-3-6-12-5-1-2-8-14(12)13/h1-10,15H,11H2. The highest BCUT2D eigenvalue weighted by atomic mass is 35.5. The summed E-state index contributed by atoms with van der Waals surface area (Å²) in [5.41, 5.74) is 1.25. The maximum atomic E-state index is 6.39. The fourth-order valence-electron chi connectivity index (χ4n) is 2.23. The SMILES string of the molecule is ClC(Cc1cccc2ccccc12)c1ccco1. The van der Waals surface area contributed by atoms with Gasteiger partial charge in [0.2, 0.25) is 0 Å². The van der Waals surface area contributed by atoms with Crippen molar-refractivity contribution in [3.63, 3.8) is 0 Å². The maximum absolute atomic E-state index is 6.39. The van der Waals surface area contributed by atoms with E-state index in [4.69, 9.17) is 16.0 Å². The van der Waals surface area contributed by atoms with Crippen LogP contribution in [-0.4, -0.2) is 0 Å². The van der Waals surface area contributed by atoms with Crippen LogP contribution < -0.4 is 0 Å². The summed E-state index contributed by atoms with van der Waals surface area (Å²) < 4.78 is 5.35. The second-order valence-corrected chi connectivity index (χ2v) is 4.85. The van der Waals surface area contributed by atoms with E-state index in [2.05, 4.69) is 42.5 Å². The van der Waals surface area contributed by atoms with E-state index in [1.807, 2.05) is 12.1 Å². The van der Waals surface area contributed by atoms with Crippen molar-refractivity contribution in [1.29, 1.82) is 0 Å². The van der Waals surface area contributed by atoms with Crippen molar-refractivity contribution in [3.8, 4) is 0 Å². The number of halogens is 1. The predicted molar refractivity (Wildman–Crippen MR) is 75.0 cm³/mol. The molecule has 3 rings (SSSR count). The Bertz CT molecular complexity index is 638. The number of benzene rings is 2. The van der Waals surface area contributed by atoms with Crippen molar-refractivity contribution >= 4 is 22.4 Å². The number of hydrogen-bond acceptors (Lipinski definition) is 1. The van der Waals surface area contributed by atoms with E-state index in [-0.39, 0.29) is 5.38 Å². The zero-order valence-electron chi connectivity index (χ0n) is 9.84. The first-order chi connectivity index (χ1) is 8.84. The molecule has 0 saturated carbocycles. The van der Waals surface area contributed by atoms with Crippen molar-refractivity contribution in [2.24, 2.45) is 0 Å². The molecule has 2 heteroatoms. The largest absolute Gasteiger partial charge is 0.468 e. The first-order valence-electron chi connectivity index (χ1n) is 5.99. The molecule has 1 nitrogen and oxygen atoms in total. The summed E-state index contributed by atoms with van der Waals surface area (Å²) in [6.07, 6.45) is 2.43. The number of rotatable bonds is 3. The Labute approximate surface area is 111 Å². The van der Waals surface area contributed by atoms with Gasteiger partial charge in [-0.1, -0.05) is 42.5 Å². The molecule has 1 unspecified atom stereocenters.